The summed E-state index contributed by atoms with van der Waals surface area (Å²) in [5, 5.41) is 2.90. The molecule has 0 aromatic heterocycles. The van der Waals surface area contributed by atoms with Gasteiger partial charge in [-0.1, -0.05) is 19.1 Å². The molecule has 0 fully saturated rings. The summed E-state index contributed by atoms with van der Waals surface area (Å²) in [7, 11) is 0. The Kier molecular flexibility index (Phi) is 7.21. The van der Waals surface area contributed by atoms with Crippen molar-refractivity contribution >= 4 is 11.7 Å². The molecule has 138 valence electrons. The third-order valence-corrected chi connectivity index (χ3v) is 3.94. The zero-order valence-electron chi connectivity index (χ0n) is 15.5. The first-order chi connectivity index (χ1) is 12.5. The van der Waals surface area contributed by atoms with Crippen molar-refractivity contribution in [2.75, 3.05) is 13.2 Å². The van der Waals surface area contributed by atoms with E-state index in [9.17, 15) is 9.59 Å². The Balaban J connectivity index is 1.83. The maximum Gasteiger partial charge on any atom is 0.258 e. The summed E-state index contributed by atoms with van der Waals surface area (Å²) >= 11 is 0. The molecule has 5 nitrogen and oxygen atoms in total. The van der Waals surface area contributed by atoms with Gasteiger partial charge < -0.3 is 14.8 Å². The quantitative estimate of drug-likeness (QED) is 0.692. The van der Waals surface area contributed by atoms with Gasteiger partial charge in [-0.05, 0) is 55.8 Å². The number of hydrogen-bond acceptors (Lipinski definition) is 4. The first kappa shape index (κ1) is 19.5. The van der Waals surface area contributed by atoms with Crippen molar-refractivity contribution in [2.24, 2.45) is 0 Å². The highest BCUT2D eigenvalue weighted by atomic mass is 16.5. The fourth-order valence-electron chi connectivity index (χ4n) is 2.48. The van der Waals surface area contributed by atoms with Crippen LogP contribution < -0.4 is 14.8 Å². The van der Waals surface area contributed by atoms with Crippen molar-refractivity contribution in [1.29, 1.82) is 0 Å². The highest BCUT2D eigenvalue weighted by molar-refractivity contribution is 5.95. The Morgan fingerprint density at radius 3 is 2.08 bits per heavy atom. The summed E-state index contributed by atoms with van der Waals surface area (Å²) in [6.07, 6.45) is 0.464. The number of carbonyl (C=O) groups is 2. The van der Waals surface area contributed by atoms with Gasteiger partial charge in [0.05, 0.1) is 12.6 Å². The van der Waals surface area contributed by atoms with E-state index in [1.807, 2.05) is 45.0 Å². The minimum atomic E-state index is -0.208. The van der Waals surface area contributed by atoms with Crippen LogP contribution in [0.3, 0.4) is 0 Å². The molecule has 0 aliphatic rings. The van der Waals surface area contributed by atoms with Crippen molar-refractivity contribution in [3.8, 4) is 11.5 Å². The second-order valence-electron chi connectivity index (χ2n) is 5.88. The van der Waals surface area contributed by atoms with Crippen molar-refractivity contribution < 1.29 is 19.1 Å². The standard InChI is InChI=1S/C21H25NO4/c1-4-20(23)17-8-12-19(13-9-17)26-14-21(24)22-15(3)16-6-10-18(11-7-16)25-5-2/h6-13,15H,4-5,14H2,1-3H3,(H,22,24). The normalized spacial score (nSPS) is 11.5. The molecule has 2 aromatic carbocycles. The molecular formula is C21H25NO4. The summed E-state index contributed by atoms with van der Waals surface area (Å²) in [6.45, 7) is 6.21. The van der Waals surface area contributed by atoms with Crippen LogP contribution in [-0.2, 0) is 4.79 Å². The van der Waals surface area contributed by atoms with Crippen LogP contribution >= 0.6 is 0 Å². The summed E-state index contributed by atoms with van der Waals surface area (Å²) < 4.78 is 10.9. The molecule has 0 aliphatic heterocycles. The summed E-state index contributed by atoms with van der Waals surface area (Å²) in [4.78, 5) is 23.7. The van der Waals surface area contributed by atoms with Gasteiger partial charge in [0.25, 0.3) is 5.91 Å². The number of benzene rings is 2. The van der Waals surface area contributed by atoms with Gasteiger partial charge in [-0.15, -0.1) is 0 Å². The highest BCUT2D eigenvalue weighted by Gasteiger charge is 2.11. The smallest absolute Gasteiger partial charge is 0.258 e. The SMILES string of the molecule is CCOc1ccc(C(C)NC(=O)COc2ccc(C(=O)CC)cc2)cc1. The molecule has 1 amide bonds. The molecule has 1 N–H and O–H groups in total. The molecule has 2 aromatic rings. The molecule has 0 heterocycles. The predicted octanol–water partition coefficient (Wildman–Crippen LogP) is 3.93. The second-order valence-corrected chi connectivity index (χ2v) is 5.88. The van der Waals surface area contributed by atoms with Crippen molar-refractivity contribution in [1.82, 2.24) is 5.32 Å². The van der Waals surface area contributed by atoms with Gasteiger partial charge in [-0.2, -0.15) is 0 Å². The lowest BCUT2D eigenvalue weighted by Crippen LogP contribution is -2.31. The fraction of sp³-hybridized carbons (Fsp3) is 0.333. The van der Waals surface area contributed by atoms with Gasteiger partial charge in [0.1, 0.15) is 11.5 Å². The molecule has 0 radical (unpaired) electrons. The molecule has 0 bridgehead atoms. The molecule has 5 heteroatoms. The fourth-order valence-corrected chi connectivity index (χ4v) is 2.48. The van der Waals surface area contributed by atoms with Crippen molar-refractivity contribution in [3.63, 3.8) is 0 Å². The molecule has 0 saturated heterocycles. The van der Waals surface area contributed by atoms with Crippen LogP contribution in [0.5, 0.6) is 11.5 Å². The second kappa shape index (κ2) is 9.61. The van der Waals surface area contributed by atoms with E-state index in [0.717, 1.165) is 11.3 Å². The van der Waals surface area contributed by atoms with E-state index in [4.69, 9.17) is 9.47 Å². The van der Waals surface area contributed by atoms with Gasteiger partial charge in [0.2, 0.25) is 0 Å². The largest absolute Gasteiger partial charge is 0.494 e. The molecule has 1 atom stereocenters. The lowest BCUT2D eigenvalue weighted by molar-refractivity contribution is -0.123. The molecule has 26 heavy (non-hydrogen) atoms. The average molecular weight is 355 g/mol. The van der Waals surface area contributed by atoms with Crippen LogP contribution in [0, 0.1) is 0 Å². The maximum absolute atomic E-state index is 12.1. The molecule has 0 aliphatic carbocycles. The molecule has 1 unspecified atom stereocenters. The van der Waals surface area contributed by atoms with Crippen molar-refractivity contribution in [3.05, 3.63) is 59.7 Å². The zero-order chi connectivity index (χ0) is 18.9. The summed E-state index contributed by atoms with van der Waals surface area (Å²) in [5.74, 6) is 1.24. The van der Waals surface area contributed by atoms with E-state index < -0.39 is 0 Å². The van der Waals surface area contributed by atoms with Crippen molar-refractivity contribution in [2.45, 2.75) is 33.2 Å². The number of amides is 1. The highest BCUT2D eigenvalue weighted by Crippen LogP contribution is 2.18. The third kappa shape index (κ3) is 5.62. The minimum absolute atomic E-state index is 0.0809. The number of nitrogens with one attached hydrogen (secondary N) is 1. The summed E-state index contributed by atoms with van der Waals surface area (Å²) in [5.41, 5.74) is 1.64. The first-order valence-electron chi connectivity index (χ1n) is 8.81. The van der Waals surface area contributed by atoms with E-state index in [1.54, 1.807) is 24.3 Å². The lowest BCUT2D eigenvalue weighted by Gasteiger charge is -2.15. The van der Waals surface area contributed by atoms with E-state index in [-0.39, 0.29) is 24.3 Å². The van der Waals surface area contributed by atoms with E-state index >= 15 is 0 Å². The number of rotatable bonds is 9. The zero-order valence-corrected chi connectivity index (χ0v) is 15.5. The average Bonchev–Trinajstić information content (AvgIpc) is 2.67. The van der Waals surface area contributed by atoms with Crippen LogP contribution in [0.25, 0.3) is 0 Å². The Morgan fingerprint density at radius 1 is 0.923 bits per heavy atom. The first-order valence-corrected chi connectivity index (χ1v) is 8.81. The van der Waals surface area contributed by atoms with E-state index in [1.165, 1.54) is 0 Å². The van der Waals surface area contributed by atoms with Crippen LogP contribution in [0.2, 0.25) is 0 Å². The number of hydrogen-bond donors (Lipinski definition) is 1. The topological polar surface area (TPSA) is 64.6 Å². The van der Waals surface area contributed by atoms with E-state index in [0.29, 0.717) is 24.3 Å². The van der Waals surface area contributed by atoms with Gasteiger partial charge in [-0.3, -0.25) is 9.59 Å². The Bertz CT molecular complexity index is 723. The lowest BCUT2D eigenvalue weighted by atomic mass is 10.1. The Morgan fingerprint density at radius 2 is 1.50 bits per heavy atom. The van der Waals surface area contributed by atoms with Crippen LogP contribution in [0.1, 0.15) is 49.2 Å². The summed E-state index contributed by atoms with van der Waals surface area (Å²) in [6, 6.07) is 14.3. The minimum Gasteiger partial charge on any atom is -0.494 e. The number of Topliss-reactive ketones (excluding diaryl/α,β-unsaturated/α-hetero) is 1. The van der Waals surface area contributed by atoms with Crippen LogP contribution in [0.4, 0.5) is 0 Å². The van der Waals surface area contributed by atoms with E-state index in [2.05, 4.69) is 5.32 Å². The number of carbonyl (C=O) groups excluding carboxylic acids is 2. The van der Waals surface area contributed by atoms with Gasteiger partial charge in [-0.25, -0.2) is 0 Å². The van der Waals surface area contributed by atoms with Crippen LogP contribution in [-0.4, -0.2) is 24.9 Å². The van der Waals surface area contributed by atoms with Gasteiger partial charge in [0, 0.05) is 12.0 Å². The molecule has 2 rings (SSSR count). The van der Waals surface area contributed by atoms with Gasteiger partial charge >= 0.3 is 0 Å². The van der Waals surface area contributed by atoms with Gasteiger partial charge in [0.15, 0.2) is 12.4 Å². The monoisotopic (exact) mass is 355 g/mol. The predicted molar refractivity (Wildman–Crippen MR) is 101 cm³/mol. The molecule has 0 saturated carbocycles. The maximum atomic E-state index is 12.1. The Hall–Kier alpha value is -2.82. The molecule has 0 spiro atoms. The molecular weight excluding hydrogens is 330 g/mol. The Labute approximate surface area is 154 Å². The third-order valence-electron chi connectivity index (χ3n) is 3.94. The number of ketones is 1. The number of ether oxygens (including phenoxy) is 2. The van der Waals surface area contributed by atoms with Crippen LogP contribution in [0.15, 0.2) is 48.5 Å².